The van der Waals surface area contributed by atoms with Crippen molar-refractivity contribution in [2.75, 3.05) is 0 Å². The molecule has 0 spiro atoms. The van der Waals surface area contributed by atoms with Crippen LogP contribution in [0.4, 0.5) is 52.2 Å². The van der Waals surface area contributed by atoms with E-state index >= 15 is 0 Å². The van der Waals surface area contributed by atoms with Gasteiger partial charge in [-0.25, -0.2) is 4.39 Å². The van der Waals surface area contributed by atoms with Gasteiger partial charge in [0.05, 0.1) is 0 Å². The molecule has 0 heterocycles. The molecule has 0 aromatic carbocycles. The van der Waals surface area contributed by atoms with Gasteiger partial charge in [0.1, 0.15) is 0 Å². The van der Waals surface area contributed by atoms with Gasteiger partial charge in [-0.1, -0.05) is 3.89 Å². The SMILES string of the molecule is O=S(=O)(F)C(F)(F)C(F)(C(F)(F)F)C(F)(F)C(F)(F)F. The van der Waals surface area contributed by atoms with Crippen LogP contribution in [-0.4, -0.2) is 37.6 Å². The summed E-state index contributed by atoms with van der Waals surface area (Å²) in [6.45, 7) is 0. The molecule has 0 aliphatic carbocycles. The maximum atomic E-state index is 12.9. The number of hydrogen-bond acceptors (Lipinski definition) is 2. The van der Waals surface area contributed by atoms with E-state index in [1.165, 1.54) is 0 Å². The minimum absolute atomic E-state index is 7.58. The Morgan fingerprint density at radius 2 is 0.900 bits per heavy atom. The molecule has 20 heavy (non-hydrogen) atoms. The summed E-state index contributed by atoms with van der Waals surface area (Å²) in [5.74, 6) is -7.94. The van der Waals surface area contributed by atoms with Crippen LogP contribution < -0.4 is 0 Å². The van der Waals surface area contributed by atoms with Gasteiger partial charge >= 0.3 is 39.4 Å². The summed E-state index contributed by atoms with van der Waals surface area (Å²) in [4.78, 5) is 0. The van der Waals surface area contributed by atoms with Crippen molar-refractivity contribution in [1.82, 2.24) is 0 Å². The molecule has 0 aromatic heterocycles. The molecule has 0 saturated heterocycles. The van der Waals surface area contributed by atoms with Crippen molar-refractivity contribution in [2.24, 2.45) is 0 Å². The predicted molar refractivity (Wildman–Crippen MR) is 35.9 cm³/mol. The van der Waals surface area contributed by atoms with Crippen molar-refractivity contribution in [2.45, 2.75) is 29.2 Å². The van der Waals surface area contributed by atoms with Crippen LogP contribution in [0.2, 0.25) is 0 Å². The van der Waals surface area contributed by atoms with Crippen LogP contribution in [0.5, 0.6) is 0 Å². The summed E-state index contributed by atoms with van der Waals surface area (Å²) in [5, 5.41) is -7.74. The van der Waals surface area contributed by atoms with E-state index in [4.69, 9.17) is 0 Å². The standard InChI is InChI=1S/C5F12O2S/c6-1(3(9,10)11,2(7,8)4(12,13)14)5(15,16)20(17,18)19. The van der Waals surface area contributed by atoms with Gasteiger partial charge in [0, 0.05) is 0 Å². The number of hydrogen-bond donors (Lipinski definition) is 0. The van der Waals surface area contributed by atoms with Crippen LogP contribution in [0.15, 0.2) is 0 Å². The van der Waals surface area contributed by atoms with E-state index in [9.17, 15) is 60.6 Å². The second kappa shape index (κ2) is 4.30. The highest BCUT2D eigenvalue weighted by Gasteiger charge is 2.93. The van der Waals surface area contributed by atoms with Gasteiger partial charge in [-0.15, -0.1) is 0 Å². The van der Waals surface area contributed by atoms with Crippen LogP contribution in [0.25, 0.3) is 0 Å². The lowest BCUT2D eigenvalue weighted by atomic mass is 9.96. The lowest BCUT2D eigenvalue weighted by Gasteiger charge is -2.38. The molecule has 0 amide bonds. The molecule has 0 aliphatic heterocycles. The summed E-state index contributed by atoms with van der Waals surface area (Å²) in [5.41, 5.74) is -8.06. The number of alkyl halides is 11. The van der Waals surface area contributed by atoms with Crippen LogP contribution in [0.1, 0.15) is 0 Å². The first kappa shape index (κ1) is 19.1. The monoisotopic (exact) mass is 352 g/mol. The van der Waals surface area contributed by atoms with Crippen LogP contribution in [-0.2, 0) is 10.2 Å². The third kappa shape index (κ3) is 2.28. The van der Waals surface area contributed by atoms with Gasteiger partial charge in [0.25, 0.3) is 0 Å². The molecule has 0 rings (SSSR count). The van der Waals surface area contributed by atoms with Crippen molar-refractivity contribution in [3.63, 3.8) is 0 Å². The molecule has 0 saturated carbocycles. The second-order valence-electron chi connectivity index (χ2n) is 3.18. The van der Waals surface area contributed by atoms with Crippen molar-refractivity contribution in [3.8, 4) is 0 Å². The molecule has 1 unspecified atom stereocenters. The minimum Gasteiger partial charge on any atom is -0.218 e. The zero-order valence-electron chi connectivity index (χ0n) is 8.26. The maximum absolute atomic E-state index is 12.9. The molecule has 0 bridgehead atoms. The van der Waals surface area contributed by atoms with Gasteiger partial charge in [0.15, 0.2) is 0 Å². The molecule has 0 aromatic rings. The largest absolute Gasteiger partial charge is 0.457 e. The lowest BCUT2D eigenvalue weighted by molar-refractivity contribution is -0.410. The van der Waals surface area contributed by atoms with E-state index in [2.05, 4.69) is 0 Å². The van der Waals surface area contributed by atoms with Gasteiger partial charge in [-0.2, -0.15) is 52.3 Å². The van der Waals surface area contributed by atoms with E-state index in [1.807, 2.05) is 0 Å². The zero-order valence-corrected chi connectivity index (χ0v) is 9.08. The normalized spacial score (nSPS) is 18.8. The lowest BCUT2D eigenvalue weighted by Crippen LogP contribution is -2.71. The van der Waals surface area contributed by atoms with Crippen molar-refractivity contribution in [3.05, 3.63) is 0 Å². The Labute approximate surface area is 101 Å². The molecular formula is C5F12O2S. The number of halogens is 12. The van der Waals surface area contributed by atoms with E-state index in [-0.39, 0.29) is 0 Å². The third-order valence-electron chi connectivity index (χ3n) is 1.89. The highest BCUT2D eigenvalue weighted by atomic mass is 32.3. The van der Waals surface area contributed by atoms with E-state index < -0.39 is 39.4 Å². The molecule has 0 N–H and O–H groups in total. The van der Waals surface area contributed by atoms with Crippen LogP contribution >= 0.6 is 0 Å². The van der Waals surface area contributed by atoms with Crippen molar-refractivity contribution >= 4 is 10.2 Å². The highest BCUT2D eigenvalue weighted by Crippen LogP contribution is 2.60. The minimum atomic E-state index is -8.09. The molecule has 15 heteroatoms. The van der Waals surface area contributed by atoms with Crippen molar-refractivity contribution in [1.29, 1.82) is 0 Å². The Morgan fingerprint density at radius 3 is 1.05 bits per heavy atom. The maximum Gasteiger partial charge on any atom is 0.457 e. The Kier molecular flexibility index (Phi) is 4.11. The topological polar surface area (TPSA) is 34.1 Å². The first-order chi connectivity index (χ1) is 8.25. The predicted octanol–water partition coefficient (Wildman–Crippen LogP) is 3.35. The zero-order chi connectivity index (χ0) is 17.0. The Morgan fingerprint density at radius 1 is 0.600 bits per heavy atom. The van der Waals surface area contributed by atoms with Crippen molar-refractivity contribution < 1.29 is 60.6 Å². The smallest absolute Gasteiger partial charge is 0.218 e. The fraction of sp³-hybridized carbons (Fsp3) is 1.00. The average molecular weight is 352 g/mol. The quantitative estimate of drug-likeness (QED) is 0.577. The van der Waals surface area contributed by atoms with Crippen LogP contribution in [0, 0.1) is 0 Å². The summed E-state index contributed by atoms with van der Waals surface area (Å²) in [6.07, 6.45) is -15.3. The molecule has 0 fully saturated rings. The molecule has 0 aliphatic rings. The fourth-order valence-corrected chi connectivity index (χ4v) is 1.47. The Hall–Kier alpha value is -0.890. The molecule has 1 atom stereocenters. The second-order valence-corrected chi connectivity index (χ2v) is 4.57. The van der Waals surface area contributed by atoms with Gasteiger partial charge < -0.3 is 0 Å². The third-order valence-corrected chi connectivity index (χ3v) is 2.78. The Bertz CT molecular complexity index is 471. The molecule has 2 nitrogen and oxygen atoms in total. The summed E-state index contributed by atoms with van der Waals surface area (Å²) in [7, 11) is -8.09. The molecule has 122 valence electrons. The molecular weight excluding hydrogens is 352 g/mol. The fourth-order valence-electron chi connectivity index (χ4n) is 0.889. The highest BCUT2D eigenvalue weighted by molar-refractivity contribution is 7.87. The summed E-state index contributed by atoms with van der Waals surface area (Å²) in [6, 6.07) is 0. The number of rotatable bonds is 3. The van der Waals surface area contributed by atoms with E-state index in [0.717, 1.165) is 0 Å². The van der Waals surface area contributed by atoms with Gasteiger partial charge in [0.2, 0.25) is 0 Å². The van der Waals surface area contributed by atoms with E-state index in [0.29, 0.717) is 0 Å². The Balaban J connectivity index is 6.66. The molecule has 0 radical (unpaired) electrons. The van der Waals surface area contributed by atoms with E-state index in [1.54, 1.807) is 0 Å². The average Bonchev–Trinajstić information content (AvgIpc) is 2.10. The van der Waals surface area contributed by atoms with Crippen LogP contribution in [0.3, 0.4) is 0 Å². The summed E-state index contributed by atoms with van der Waals surface area (Å²) < 4.78 is 164. The summed E-state index contributed by atoms with van der Waals surface area (Å²) >= 11 is 0. The van der Waals surface area contributed by atoms with Gasteiger partial charge in [-0.3, -0.25) is 0 Å². The van der Waals surface area contributed by atoms with Gasteiger partial charge in [-0.05, 0) is 0 Å². The first-order valence-electron chi connectivity index (χ1n) is 3.77. The first-order valence-corrected chi connectivity index (χ1v) is 5.15.